The predicted molar refractivity (Wildman–Crippen MR) is 91.1 cm³/mol. The number of rotatable bonds is 5. The quantitative estimate of drug-likeness (QED) is 0.863. The van der Waals surface area contributed by atoms with Crippen LogP contribution in [0.2, 0.25) is 0 Å². The van der Waals surface area contributed by atoms with E-state index in [9.17, 15) is 4.39 Å². The third-order valence-electron chi connectivity index (χ3n) is 3.59. The molecule has 2 N–H and O–H groups in total. The Kier molecular flexibility index (Phi) is 4.20. The molecule has 1 saturated carbocycles. The Hall–Kier alpha value is -2.17. The summed E-state index contributed by atoms with van der Waals surface area (Å²) in [4.78, 5) is 9.17. The van der Waals surface area contributed by atoms with Gasteiger partial charge in [0.15, 0.2) is 0 Å². The summed E-state index contributed by atoms with van der Waals surface area (Å²) >= 11 is 0. The third-order valence-corrected chi connectivity index (χ3v) is 3.59. The van der Waals surface area contributed by atoms with Gasteiger partial charge in [-0.05, 0) is 51.3 Å². The molecule has 1 aromatic heterocycles. The molecule has 1 fully saturated rings. The van der Waals surface area contributed by atoms with Crippen molar-refractivity contribution in [1.82, 2.24) is 9.97 Å². The van der Waals surface area contributed by atoms with Crippen molar-refractivity contribution in [3.63, 3.8) is 0 Å². The van der Waals surface area contributed by atoms with Crippen LogP contribution in [0.4, 0.5) is 16.2 Å². The van der Waals surface area contributed by atoms with Crippen molar-refractivity contribution < 1.29 is 4.39 Å². The molecule has 0 amide bonds. The van der Waals surface area contributed by atoms with Crippen LogP contribution >= 0.6 is 0 Å². The van der Waals surface area contributed by atoms with E-state index >= 15 is 0 Å². The topological polar surface area (TPSA) is 49.8 Å². The number of hydrogen-bond donors (Lipinski definition) is 2. The lowest BCUT2D eigenvalue weighted by Gasteiger charge is -2.21. The molecule has 2 aromatic rings. The van der Waals surface area contributed by atoms with Crippen LogP contribution < -0.4 is 10.6 Å². The molecule has 0 aliphatic heterocycles. The Bertz CT molecular complexity index is 690. The average Bonchev–Trinajstić information content (AvgIpc) is 3.28. The lowest BCUT2D eigenvalue weighted by Crippen LogP contribution is -2.27. The number of benzene rings is 1. The Morgan fingerprint density at radius 2 is 1.96 bits per heavy atom. The first kappa shape index (κ1) is 15.7. The fourth-order valence-electron chi connectivity index (χ4n) is 2.38. The highest BCUT2D eigenvalue weighted by molar-refractivity contribution is 5.45. The Morgan fingerprint density at radius 3 is 2.61 bits per heavy atom. The standard InChI is InChI=1S/C18H23FN4/c1-18(2,3)23-17-21-15(13-7-8-13)10-16(22-17)20-11-12-5-4-6-14(19)9-12/h4-6,9-10,13H,7-8,11H2,1-3H3,(H2,20,21,22,23). The van der Waals surface area contributed by atoms with Crippen LogP contribution in [0.5, 0.6) is 0 Å². The van der Waals surface area contributed by atoms with Gasteiger partial charge in [-0.15, -0.1) is 0 Å². The molecule has 0 spiro atoms. The minimum Gasteiger partial charge on any atom is -0.366 e. The van der Waals surface area contributed by atoms with Gasteiger partial charge in [0.05, 0.1) is 5.69 Å². The number of anilines is 2. The average molecular weight is 314 g/mol. The van der Waals surface area contributed by atoms with E-state index in [2.05, 4.69) is 41.4 Å². The lowest BCUT2D eigenvalue weighted by atomic mass is 10.1. The SMILES string of the molecule is CC(C)(C)Nc1nc(NCc2cccc(F)c2)cc(C2CC2)n1. The van der Waals surface area contributed by atoms with Crippen molar-refractivity contribution in [3.8, 4) is 0 Å². The number of hydrogen-bond acceptors (Lipinski definition) is 4. The Balaban J connectivity index is 1.77. The molecule has 0 bridgehead atoms. The Labute approximate surface area is 136 Å². The number of aromatic nitrogens is 2. The molecule has 1 heterocycles. The van der Waals surface area contributed by atoms with Gasteiger partial charge in [0.25, 0.3) is 0 Å². The highest BCUT2D eigenvalue weighted by Gasteiger charge is 2.26. The molecule has 1 aliphatic carbocycles. The number of halogens is 1. The van der Waals surface area contributed by atoms with Crippen molar-refractivity contribution >= 4 is 11.8 Å². The van der Waals surface area contributed by atoms with Crippen molar-refractivity contribution in [2.24, 2.45) is 0 Å². The minimum absolute atomic E-state index is 0.0952. The van der Waals surface area contributed by atoms with Crippen molar-refractivity contribution in [1.29, 1.82) is 0 Å². The summed E-state index contributed by atoms with van der Waals surface area (Å²) in [5, 5.41) is 6.61. The zero-order chi connectivity index (χ0) is 16.4. The zero-order valence-electron chi connectivity index (χ0n) is 13.9. The van der Waals surface area contributed by atoms with Crippen molar-refractivity contribution in [2.45, 2.75) is 51.6 Å². The van der Waals surface area contributed by atoms with Crippen LogP contribution in [0.25, 0.3) is 0 Å². The van der Waals surface area contributed by atoms with Gasteiger partial charge in [0.1, 0.15) is 11.6 Å². The molecule has 23 heavy (non-hydrogen) atoms. The molecule has 3 rings (SSSR count). The van der Waals surface area contributed by atoms with Gasteiger partial charge in [-0.3, -0.25) is 0 Å². The summed E-state index contributed by atoms with van der Waals surface area (Å²) in [5.41, 5.74) is 1.87. The lowest BCUT2D eigenvalue weighted by molar-refractivity contribution is 0.624. The number of nitrogens with zero attached hydrogens (tertiary/aromatic N) is 2. The van der Waals surface area contributed by atoms with Crippen molar-refractivity contribution in [2.75, 3.05) is 10.6 Å². The molecule has 1 aliphatic rings. The maximum absolute atomic E-state index is 13.3. The minimum atomic E-state index is -0.222. The Morgan fingerprint density at radius 1 is 1.17 bits per heavy atom. The van der Waals surface area contributed by atoms with Crippen molar-refractivity contribution in [3.05, 3.63) is 47.4 Å². The second-order valence-electron chi connectivity index (χ2n) is 7.13. The molecular weight excluding hydrogens is 291 g/mol. The largest absolute Gasteiger partial charge is 0.366 e. The van der Waals surface area contributed by atoms with Gasteiger partial charge in [-0.2, -0.15) is 4.98 Å². The van der Waals surface area contributed by atoms with Gasteiger partial charge < -0.3 is 10.6 Å². The molecule has 0 radical (unpaired) electrons. The van der Waals surface area contributed by atoms with E-state index in [-0.39, 0.29) is 11.4 Å². The fourth-order valence-corrected chi connectivity index (χ4v) is 2.38. The van der Waals surface area contributed by atoms with E-state index in [1.807, 2.05) is 12.1 Å². The molecule has 1 aromatic carbocycles. The second-order valence-corrected chi connectivity index (χ2v) is 7.13. The third kappa shape index (κ3) is 4.65. The normalized spacial score (nSPS) is 14.6. The summed E-state index contributed by atoms with van der Waals surface area (Å²) in [6, 6.07) is 8.60. The van der Waals surface area contributed by atoms with Gasteiger partial charge in [-0.25, -0.2) is 9.37 Å². The summed E-state index contributed by atoms with van der Waals surface area (Å²) in [7, 11) is 0. The van der Waals surface area contributed by atoms with E-state index < -0.39 is 0 Å². The molecular formula is C18H23FN4. The summed E-state index contributed by atoms with van der Waals surface area (Å²) in [6.07, 6.45) is 2.38. The van der Waals surface area contributed by atoms with Crippen LogP contribution in [0, 0.1) is 5.82 Å². The van der Waals surface area contributed by atoms with Crippen LogP contribution in [-0.4, -0.2) is 15.5 Å². The van der Waals surface area contributed by atoms with E-state index in [1.54, 1.807) is 6.07 Å². The first-order valence-electron chi connectivity index (χ1n) is 8.04. The molecule has 0 saturated heterocycles. The van der Waals surface area contributed by atoms with Gasteiger partial charge >= 0.3 is 0 Å². The highest BCUT2D eigenvalue weighted by atomic mass is 19.1. The number of nitrogens with one attached hydrogen (secondary N) is 2. The maximum atomic E-state index is 13.3. The molecule has 122 valence electrons. The zero-order valence-corrected chi connectivity index (χ0v) is 13.9. The monoisotopic (exact) mass is 314 g/mol. The molecule has 0 atom stereocenters. The smallest absolute Gasteiger partial charge is 0.225 e. The van der Waals surface area contributed by atoms with Crippen LogP contribution in [-0.2, 0) is 6.54 Å². The van der Waals surface area contributed by atoms with E-state index in [0.29, 0.717) is 18.4 Å². The highest BCUT2D eigenvalue weighted by Crippen LogP contribution is 2.40. The second kappa shape index (κ2) is 6.14. The summed E-state index contributed by atoms with van der Waals surface area (Å²) in [6.45, 7) is 6.79. The van der Waals surface area contributed by atoms with E-state index in [4.69, 9.17) is 0 Å². The van der Waals surface area contributed by atoms with Gasteiger partial charge in [0.2, 0.25) is 5.95 Å². The summed E-state index contributed by atoms with van der Waals surface area (Å²) < 4.78 is 13.3. The van der Waals surface area contributed by atoms with Crippen LogP contribution in [0.1, 0.15) is 50.8 Å². The fraction of sp³-hybridized carbons (Fsp3) is 0.444. The van der Waals surface area contributed by atoms with E-state index in [1.165, 1.54) is 25.0 Å². The predicted octanol–water partition coefficient (Wildman–Crippen LogP) is 4.32. The first-order valence-corrected chi connectivity index (χ1v) is 8.04. The summed E-state index contributed by atoms with van der Waals surface area (Å²) in [5.74, 6) is 1.75. The molecule has 5 heteroatoms. The molecule has 0 unspecified atom stereocenters. The first-order chi connectivity index (χ1) is 10.9. The van der Waals surface area contributed by atoms with Gasteiger partial charge in [0, 0.05) is 24.1 Å². The van der Waals surface area contributed by atoms with Crippen LogP contribution in [0.15, 0.2) is 30.3 Å². The van der Waals surface area contributed by atoms with Crippen LogP contribution in [0.3, 0.4) is 0 Å². The van der Waals surface area contributed by atoms with E-state index in [0.717, 1.165) is 17.1 Å². The molecule has 4 nitrogen and oxygen atoms in total. The van der Waals surface area contributed by atoms with Gasteiger partial charge in [-0.1, -0.05) is 12.1 Å². The maximum Gasteiger partial charge on any atom is 0.225 e.